The van der Waals surface area contributed by atoms with Crippen LogP contribution >= 0.6 is 11.8 Å². The van der Waals surface area contributed by atoms with Gasteiger partial charge in [0.15, 0.2) is 0 Å². The zero-order valence-electron chi connectivity index (χ0n) is 23.1. The zero-order chi connectivity index (χ0) is 27.6. The Kier molecular flexibility index (Phi) is 5.39. The summed E-state index contributed by atoms with van der Waals surface area (Å²) in [6.45, 7) is 4.77. The molecule has 0 amide bonds. The highest BCUT2D eigenvalue weighted by molar-refractivity contribution is 7.99. The van der Waals surface area contributed by atoms with Gasteiger partial charge in [0.1, 0.15) is 0 Å². The molecular formula is C39H29NS. The summed E-state index contributed by atoms with van der Waals surface area (Å²) < 4.78 is 0. The van der Waals surface area contributed by atoms with Crippen molar-refractivity contribution in [1.82, 2.24) is 4.98 Å². The Morgan fingerprint density at radius 3 is 1.54 bits per heavy atom. The van der Waals surface area contributed by atoms with E-state index in [0.29, 0.717) is 0 Å². The van der Waals surface area contributed by atoms with Gasteiger partial charge < -0.3 is 0 Å². The number of hydrogen-bond acceptors (Lipinski definition) is 2. The highest BCUT2D eigenvalue weighted by atomic mass is 32.2. The fourth-order valence-electron chi connectivity index (χ4n) is 7.20. The lowest BCUT2D eigenvalue weighted by atomic mass is 9.54. The van der Waals surface area contributed by atoms with Gasteiger partial charge in [-0.3, -0.25) is 4.98 Å². The van der Waals surface area contributed by atoms with Crippen LogP contribution < -0.4 is 0 Å². The van der Waals surface area contributed by atoms with Gasteiger partial charge >= 0.3 is 0 Å². The number of aromatic nitrogens is 1. The van der Waals surface area contributed by atoms with Crippen molar-refractivity contribution in [3.63, 3.8) is 0 Å². The van der Waals surface area contributed by atoms with Gasteiger partial charge in [-0.25, -0.2) is 0 Å². The van der Waals surface area contributed by atoms with Crippen molar-refractivity contribution in [3.8, 4) is 22.3 Å². The molecule has 196 valence electrons. The number of fused-ring (bicyclic) bond motifs is 8. The fraction of sp³-hybridized carbons (Fsp3) is 0.103. The van der Waals surface area contributed by atoms with Crippen molar-refractivity contribution >= 4 is 11.8 Å². The molecule has 2 aliphatic rings. The highest BCUT2D eigenvalue weighted by Crippen LogP contribution is 2.61. The average Bonchev–Trinajstić information content (AvgIpc) is 3.03. The maximum Gasteiger partial charge on any atom is 0.0729 e. The molecule has 0 saturated heterocycles. The van der Waals surface area contributed by atoms with Crippen LogP contribution in [0, 0.1) is 0 Å². The second-order valence-electron chi connectivity index (χ2n) is 11.6. The van der Waals surface area contributed by atoms with Crippen LogP contribution in [0.3, 0.4) is 0 Å². The van der Waals surface area contributed by atoms with Gasteiger partial charge in [0, 0.05) is 27.6 Å². The van der Waals surface area contributed by atoms with Crippen LogP contribution in [0.1, 0.15) is 47.2 Å². The summed E-state index contributed by atoms with van der Waals surface area (Å²) >= 11 is 1.89. The number of pyridine rings is 1. The Balaban J connectivity index is 1.42. The Morgan fingerprint density at radius 2 is 0.902 bits per heavy atom. The van der Waals surface area contributed by atoms with Gasteiger partial charge in [0.2, 0.25) is 0 Å². The summed E-state index contributed by atoms with van der Waals surface area (Å²) in [6, 6.07) is 47.5. The van der Waals surface area contributed by atoms with E-state index in [2.05, 4.69) is 146 Å². The van der Waals surface area contributed by atoms with Gasteiger partial charge in [-0.2, -0.15) is 0 Å². The molecule has 1 nitrogen and oxygen atoms in total. The summed E-state index contributed by atoms with van der Waals surface area (Å²) in [5.74, 6) is 0. The predicted octanol–water partition coefficient (Wildman–Crippen LogP) is 9.90. The smallest absolute Gasteiger partial charge is 0.0729 e. The summed E-state index contributed by atoms with van der Waals surface area (Å²) in [6.07, 6.45) is 3.70. The van der Waals surface area contributed by atoms with Crippen LogP contribution in [0.25, 0.3) is 22.3 Å². The monoisotopic (exact) mass is 543 g/mol. The normalized spacial score (nSPS) is 15.4. The number of benzene rings is 5. The molecule has 0 unspecified atom stereocenters. The van der Waals surface area contributed by atoms with E-state index >= 15 is 0 Å². The topological polar surface area (TPSA) is 12.9 Å². The highest BCUT2D eigenvalue weighted by Gasteiger charge is 2.52. The standard InChI is InChI=1S/C39H29NS/c1-38(2)30-9-3-4-10-32(30)39(33-11-5-7-13-36(33)41-37-14-8-6-12-34(37)39)35-25-29(19-20-31(35)38)27-17-15-26(16-18-27)28-21-23-40-24-22-28/h3-25H,1-2H3. The average molecular weight is 544 g/mol. The summed E-state index contributed by atoms with van der Waals surface area (Å²) in [7, 11) is 0. The van der Waals surface area contributed by atoms with Crippen LogP contribution in [0.15, 0.2) is 150 Å². The predicted molar refractivity (Wildman–Crippen MR) is 170 cm³/mol. The van der Waals surface area contributed by atoms with Crippen molar-refractivity contribution in [2.24, 2.45) is 0 Å². The van der Waals surface area contributed by atoms with E-state index in [1.54, 1.807) is 0 Å². The molecule has 5 aromatic carbocycles. The Morgan fingerprint density at radius 1 is 0.439 bits per heavy atom. The van der Waals surface area contributed by atoms with Crippen LogP contribution in [-0.4, -0.2) is 4.98 Å². The van der Waals surface area contributed by atoms with Crippen molar-refractivity contribution in [1.29, 1.82) is 0 Å². The van der Waals surface area contributed by atoms with E-state index in [9.17, 15) is 0 Å². The molecule has 0 bridgehead atoms. The molecule has 1 aromatic heterocycles. The Hall–Kier alpha value is -4.40. The second kappa shape index (κ2) is 9.06. The van der Waals surface area contributed by atoms with E-state index < -0.39 is 5.41 Å². The molecule has 2 heterocycles. The van der Waals surface area contributed by atoms with Gasteiger partial charge in [-0.15, -0.1) is 0 Å². The second-order valence-corrected chi connectivity index (χ2v) is 12.7. The van der Waals surface area contributed by atoms with E-state index in [1.807, 2.05) is 24.2 Å². The summed E-state index contributed by atoms with van der Waals surface area (Å²) in [5.41, 5.74) is 12.6. The van der Waals surface area contributed by atoms with Crippen LogP contribution in [0.4, 0.5) is 0 Å². The van der Waals surface area contributed by atoms with Crippen molar-refractivity contribution in [2.45, 2.75) is 34.5 Å². The van der Waals surface area contributed by atoms with Gasteiger partial charge in [-0.1, -0.05) is 123 Å². The minimum atomic E-state index is -0.396. The lowest BCUT2D eigenvalue weighted by Crippen LogP contribution is -2.43. The van der Waals surface area contributed by atoms with E-state index in [4.69, 9.17) is 0 Å². The summed E-state index contributed by atoms with van der Waals surface area (Å²) in [4.78, 5) is 6.84. The molecule has 6 aromatic rings. The first kappa shape index (κ1) is 24.4. The van der Waals surface area contributed by atoms with Crippen LogP contribution in [-0.2, 0) is 10.8 Å². The molecule has 0 fully saturated rings. The molecule has 0 N–H and O–H groups in total. The molecule has 1 spiro atoms. The summed E-state index contributed by atoms with van der Waals surface area (Å²) in [5, 5.41) is 0. The minimum Gasteiger partial charge on any atom is -0.265 e. The zero-order valence-corrected chi connectivity index (χ0v) is 24.0. The molecular weight excluding hydrogens is 515 g/mol. The first-order valence-corrected chi connectivity index (χ1v) is 15.0. The molecule has 1 aliphatic heterocycles. The maximum absolute atomic E-state index is 4.18. The van der Waals surface area contributed by atoms with Gasteiger partial charge in [0.05, 0.1) is 5.41 Å². The number of hydrogen-bond donors (Lipinski definition) is 0. The first-order chi connectivity index (χ1) is 20.1. The van der Waals surface area contributed by atoms with Crippen LogP contribution in [0.5, 0.6) is 0 Å². The number of rotatable bonds is 2. The molecule has 1 aliphatic carbocycles. The number of nitrogens with zero attached hydrogens (tertiary/aromatic N) is 1. The molecule has 0 saturated carbocycles. The van der Waals surface area contributed by atoms with Crippen LogP contribution in [0.2, 0.25) is 0 Å². The van der Waals surface area contributed by atoms with Crippen molar-refractivity contribution in [3.05, 3.63) is 173 Å². The lowest BCUT2D eigenvalue weighted by molar-refractivity contribution is 0.549. The molecule has 0 radical (unpaired) electrons. The minimum absolute atomic E-state index is 0.130. The third-order valence-electron chi connectivity index (χ3n) is 9.14. The Labute approximate surface area is 246 Å². The molecule has 2 heteroatoms. The Bertz CT molecular complexity index is 1890. The fourth-order valence-corrected chi connectivity index (χ4v) is 8.39. The largest absolute Gasteiger partial charge is 0.265 e. The van der Waals surface area contributed by atoms with Gasteiger partial charge in [-0.05, 0) is 86.0 Å². The van der Waals surface area contributed by atoms with E-state index in [0.717, 1.165) is 0 Å². The van der Waals surface area contributed by atoms with Crippen molar-refractivity contribution in [2.75, 3.05) is 0 Å². The SMILES string of the molecule is CC1(C)c2ccccc2C2(c3ccccc3Sc3ccccc32)c2cc(-c3ccc(-c4ccncc4)cc3)ccc21. The van der Waals surface area contributed by atoms with Gasteiger partial charge in [0.25, 0.3) is 0 Å². The van der Waals surface area contributed by atoms with E-state index in [1.165, 1.54) is 65.4 Å². The third kappa shape index (κ3) is 3.47. The third-order valence-corrected chi connectivity index (χ3v) is 10.3. The van der Waals surface area contributed by atoms with E-state index in [-0.39, 0.29) is 5.41 Å². The lowest BCUT2D eigenvalue weighted by Gasteiger charge is -2.50. The molecule has 0 atom stereocenters. The maximum atomic E-state index is 4.18. The quantitative estimate of drug-likeness (QED) is 0.215. The first-order valence-electron chi connectivity index (χ1n) is 14.2. The molecule has 41 heavy (non-hydrogen) atoms. The molecule has 8 rings (SSSR count). The van der Waals surface area contributed by atoms with Crippen molar-refractivity contribution < 1.29 is 0 Å².